The third-order valence-electron chi connectivity index (χ3n) is 2.83. The summed E-state index contributed by atoms with van der Waals surface area (Å²) in [6, 6.07) is 0. The minimum atomic E-state index is -0.487. The summed E-state index contributed by atoms with van der Waals surface area (Å²) >= 11 is 0. The maximum absolute atomic E-state index is 10.0. The minimum Gasteiger partial charge on any atom is -0.388 e. The molecule has 0 aromatic carbocycles. The average Bonchev–Trinajstić information content (AvgIpc) is 2.49. The highest BCUT2D eigenvalue weighted by Gasteiger charge is 2.21. The molecular formula is C10H19N3O. The van der Waals surface area contributed by atoms with Gasteiger partial charge in [-0.3, -0.25) is 4.68 Å². The number of aromatic nitrogens is 2. The molecule has 0 radical (unpaired) electrons. The van der Waals surface area contributed by atoms with Crippen LogP contribution < -0.4 is 5.73 Å². The number of aliphatic hydroxyl groups excluding tert-OH is 1. The Morgan fingerprint density at radius 2 is 2.07 bits per heavy atom. The zero-order valence-corrected chi connectivity index (χ0v) is 9.07. The van der Waals surface area contributed by atoms with Crippen molar-refractivity contribution in [2.75, 3.05) is 5.73 Å². The largest absolute Gasteiger partial charge is 0.388 e. The Morgan fingerprint density at radius 3 is 2.43 bits per heavy atom. The number of hydrogen-bond donors (Lipinski definition) is 2. The number of aliphatic hydroxyl groups is 1. The molecule has 14 heavy (non-hydrogen) atoms. The molecule has 0 aliphatic carbocycles. The second-order valence-corrected chi connectivity index (χ2v) is 3.63. The Morgan fingerprint density at radius 1 is 1.50 bits per heavy atom. The van der Waals surface area contributed by atoms with E-state index in [-0.39, 0.29) is 5.92 Å². The third-order valence-corrected chi connectivity index (χ3v) is 2.83. The molecule has 4 nitrogen and oxygen atoms in total. The molecule has 1 heterocycles. The molecule has 0 spiro atoms. The van der Waals surface area contributed by atoms with Gasteiger partial charge >= 0.3 is 0 Å². The Bertz CT molecular complexity index is 292. The summed E-state index contributed by atoms with van der Waals surface area (Å²) in [6.07, 6.45) is 3.06. The number of nitrogens with two attached hydrogens (primary N) is 1. The number of nitrogen functional groups attached to an aromatic ring is 1. The van der Waals surface area contributed by atoms with Crippen LogP contribution in [0.3, 0.4) is 0 Å². The van der Waals surface area contributed by atoms with E-state index in [0.29, 0.717) is 5.82 Å². The molecule has 4 heteroatoms. The van der Waals surface area contributed by atoms with Crippen LogP contribution in [0.5, 0.6) is 0 Å². The lowest BCUT2D eigenvalue weighted by Crippen LogP contribution is -2.12. The topological polar surface area (TPSA) is 64.1 Å². The second-order valence-electron chi connectivity index (χ2n) is 3.63. The van der Waals surface area contributed by atoms with Crippen molar-refractivity contribution in [1.82, 2.24) is 9.78 Å². The number of rotatable bonds is 4. The Balaban J connectivity index is 2.87. The molecule has 0 fully saturated rings. The minimum absolute atomic E-state index is 0.265. The molecule has 80 valence electrons. The average molecular weight is 197 g/mol. The van der Waals surface area contributed by atoms with E-state index in [4.69, 9.17) is 5.73 Å². The van der Waals surface area contributed by atoms with E-state index in [2.05, 4.69) is 18.9 Å². The molecule has 1 unspecified atom stereocenters. The quantitative estimate of drug-likeness (QED) is 0.768. The first-order valence-corrected chi connectivity index (χ1v) is 5.07. The molecule has 0 aliphatic heterocycles. The highest BCUT2D eigenvalue weighted by atomic mass is 16.3. The highest BCUT2D eigenvalue weighted by molar-refractivity contribution is 5.40. The first kappa shape index (κ1) is 11.0. The van der Waals surface area contributed by atoms with Crippen molar-refractivity contribution < 1.29 is 5.11 Å². The van der Waals surface area contributed by atoms with Crippen LogP contribution in [-0.4, -0.2) is 14.9 Å². The van der Waals surface area contributed by atoms with Crippen LogP contribution in [-0.2, 0) is 7.05 Å². The van der Waals surface area contributed by atoms with E-state index in [0.717, 1.165) is 18.4 Å². The first-order valence-electron chi connectivity index (χ1n) is 5.07. The van der Waals surface area contributed by atoms with E-state index in [9.17, 15) is 5.11 Å². The summed E-state index contributed by atoms with van der Waals surface area (Å²) in [5.41, 5.74) is 6.54. The van der Waals surface area contributed by atoms with Crippen LogP contribution in [0.15, 0.2) is 6.20 Å². The summed E-state index contributed by atoms with van der Waals surface area (Å²) in [4.78, 5) is 0. The van der Waals surface area contributed by atoms with Crippen LogP contribution in [0.4, 0.5) is 5.82 Å². The molecule has 1 aromatic heterocycles. The Labute approximate surface area is 84.7 Å². The van der Waals surface area contributed by atoms with Crippen LogP contribution in [0, 0.1) is 5.92 Å². The van der Waals surface area contributed by atoms with Crippen LogP contribution in [0.1, 0.15) is 38.4 Å². The van der Waals surface area contributed by atoms with Crippen LogP contribution >= 0.6 is 0 Å². The van der Waals surface area contributed by atoms with Crippen molar-refractivity contribution in [3.8, 4) is 0 Å². The van der Waals surface area contributed by atoms with Gasteiger partial charge in [0.1, 0.15) is 5.82 Å². The molecule has 0 saturated carbocycles. The van der Waals surface area contributed by atoms with Gasteiger partial charge in [-0.25, -0.2) is 0 Å². The molecule has 3 N–H and O–H groups in total. The Hall–Kier alpha value is -1.03. The van der Waals surface area contributed by atoms with Crippen LogP contribution in [0.25, 0.3) is 0 Å². The molecule has 1 atom stereocenters. The number of nitrogens with zero attached hydrogens (tertiary/aromatic N) is 2. The lowest BCUT2D eigenvalue weighted by atomic mass is 9.92. The van der Waals surface area contributed by atoms with Gasteiger partial charge in [0.05, 0.1) is 12.3 Å². The van der Waals surface area contributed by atoms with Gasteiger partial charge in [-0.1, -0.05) is 26.7 Å². The van der Waals surface area contributed by atoms with Gasteiger partial charge in [0.2, 0.25) is 0 Å². The lowest BCUT2D eigenvalue weighted by Gasteiger charge is -2.19. The number of aryl methyl sites for hydroxylation is 1. The zero-order valence-electron chi connectivity index (χ0n) is 9.07. The standard InChI is InChI=1S/C10H19N3O/c1-4-7(5-2)9(14)8-6-12-13(3)10(8)11/h6-7,9,14H,4-5,11H2,1-3H3. The smallest absolute Gasteiger partial charge is 0.127 e. The normalized spacial score (nSPS) is 13.5. The molecule has 1 rings (SSSR count). The fourth-order valence-corrected chi connectivity index (χ4v) is 1.68. The van der Waals surface area contributed by atoms with Gasteiger partial charge in [-0.2, -0.15) is 5.10 Å². The van der Waals surface area contributed by atoms with Gasteiger partial charge in [0.25, 0.3) is 0 Å². The number of hydrogen-bond acceptors (Lipinski definition) is 3. The molecular weight excluding hydrogens is 178 g/mol. The van der Waals surface area contributed by atoms with E-state index in [1.807, 2.05) is 0 Å². The molecule has 0 bridgehead atoms. The summed E-state index contributed by atoms with van der Waals surface area (Å²) in [5.74, 6) is 0.825. The maximum atomic E-state index is 10.0. The predicted octanol–water partition coefficient (Wildman–Crippen LogP) is 1.47. The van der Waals surface area contributed by atoms with Crippen molar-refractivity contribution >= 4 is 5.82 Å². The third kappa shape index (κ3) is 1.90. The monoisotopic (exact) mass is 197 g/mol. The fourth-order valence-electron chi connectivity index (χ4n) is 1.68. The first-order chi connectivity index (χ1) is 6.61. The van der Waals surface area contributed by atoms with Crippen molar-refractivity contribution in [3.05, 3.63) is 11.8 Å². The summed E-state index contributed by atoms with van der Waals surface area (Å²) in [6.45, 7) is 4.15. The van der Waals surface area contributed by atoms with Gasteiger partial charge in [0.15, 0.2) is 0 Å². The second kappa shape index (κ2) is 4.46. The van der Waals surface area contributed by atoms with Crippen molar-refractivity contribution in [2.45, 2.75) is 32.8 Å². The SMILES string of the molecule is CCC(CC)C(O)c1cnn(C)c1N. The summed E-state index contributed by atoms with van der Waals surface area (Å²) in [7, 11) is 1.78. The number of anilines is 1. The zero-order chi connectivity index (χ0) is 10.7. The summed E-state index contributed by atoms with van der Waals surface area (Å²) in [5, 5.41) is 14.1. The molecule has 0 aliphatic rings. The molecule has 0 saturated heterocycles. The fraction of sp³-hybridized carbons (Fsp3) is 0.700. The van der Waals surface area contributed by atoms with Gasteiger partial charge < -0.3 is 10.8 Å². The van der Waals surface area contributed by atoms with Crippen LogP contribution in [0.2, 0.25) is 0 Å². The van der Waals surface area contributed by atoms with Gasteiger partial charge in [-0.05, 0) is 5.92 Å². The van der Waals surface area contributed by atoms with E-state index >= 15 is 0 Å². The van der Waals surface area contributed by atoms with Crippen molar-refractivity contribution in [1.29, 1.82) is 0 Å². The molecule has 1 aromatic rings. The Kier molecular flexibility index (Phi) is 3.52. The molecule has 0 amide bonds. The lowest BCUT2D eigenvalue weighted by molar-refractivity contribution is 0.104. The maximum Gasteiger partial charge on any atom is 0.127 e. The van der Waals surface area contributed by atoms with E-state index in [1.54, 1.807) is 17.9 Å². The van der Waals surface area contributed by atoms with Crippen molar-refractivity contribution in [3.63, 3.8) is 0 Å². The van der Waals surface area contributed by atoms with Gasteiger partial charge in [0, 0.05) is 12.6 Å². The van der Waals surface area contributed by atoms with E-state index in [1.165, 1.54) is 0 Å². The van der Waals surface area contributed by atoms with E-state index < -0.39 is 6.10 Å². The highest BCUT2D eigenvalue weighted by Crippen LogP contribution is 2.29. The summed E-state index contributed by atoms with van der Waals surface area (Å²) < 4.78 is 1.58. The predicted molar refractivity (Wildman–Crippen MR) is 56.7 cm³/mol. The van der Waals surface area contributed by atoms with Gasteiger partial charge in [-0.15, -0.1) is 0 Å². The van der Waals surface area contributed by atoms with Crippen molar-refractivity contribution in [2.24, 2.45) is 13.0 Å².